The third-order valence-electron chi connectivity index (χ3n) is 6.39. The van der Waals surface area contributed by atoms with E-state index < -0.39 is 23.1 Å². The van der Waals surface area contributed by atoms with Gasteiger partial charge in [-0.05, 0) is 56.7 Å². The predicted octanol–water partition coefficient (Wildman–Crippen LogP) is 5.35. The first-order valence-electron chi connectivity index (χ1n) is 14.0. The number of esters is 2. The summed E-state index contributed by atoms with van der Waals surface area (Å²) in [7, 11) is 0. The van der Waals surface area contributed by atoms with E-state index in [0.717, 1.165) is 16.9 Å². The monoisotopic (exact) mass is 655 g/mol. The van der Waals surface area contributed by atoms with Gasteiger partial charge in [-0.2, -0.15) is 0 Å². The Morgan fingerprint density at radius 1 is 1.00 bits per heavy atom. The van der Waals surface area contributed by atoms with Crippen molar-refractivity contribution in [3.8, 4) is 0 Å². The summed E-state index contributed by atoms with van der Waals surface area (Å²) in [4.78, 5) is 52.1. The molecule has 0 bridgehead atoms. The minimum Gasteiger partial charge on any atom is -0.462 e. The van der Waals surface area contributed by atoms with Crippen LogP contribution in [0.1, 0.15) is 67.4 Å². The van der Waals surface area contributed by atoms with Crippen molar-refractivity contribution in [3.63, 3.8) is 0 Å². The highest BCUT2D eigenvalue weighted by molar-refractivity contribution is 8.00. The fraction of sp³-hybridized carbons (Fsp3) is 0.333. The molecule has 3 heterocycles. The fourth-order valence-corrected chi connectivity index (χ4v) is 6.79. The Bertz CT molecular complexity index is 1600. The molecule has 44 heavy (non-hydrogen) atoms. The molecule has 3 aromatic heterocycles. The highest BCUT2D eigenvalue weighted by atomic mass is 32.2. The lowest BCUT2D eigenvalue weighted by Gasteiger charge is -2.14. The van der Waals surface area contributed by atoms with Gasteiger partial charge >= 0.3 is 11.9 Å². The zero-order valence-corrected chi connectivity index (χ0v) is 27.2. The topological polar surface area (TPSA) is 142 Å². The second-order valence-corrected chi connectivity index (χ2v) is 12.7. The summed E-state index contributed by atoms with van der Waals surface area (Å²) in [6.07, 6.45) is 0.687. The summed E-state index contributed by atoms with van der Waals surface area (Å²) in [5, 5.41) is 16.3. The molecule has 0 spiro atoms. The van der Waals surface area contributed by atoms with E-state index >= 15 is 0 Å². The van der Waals surface area contributed by atoms with Gasteiger partial charge in [0.05, 0.1) is 35.4 Å². The van der Waals surface area contributed by atoms with E-state index in [9.17, 15) is 19.2 Å². The van der Waals surface area contributed by atoms with Crippen LogP contribution in [0.25, 0.3) is 0 Å². The Labute approximate surface area is 267 Å². The molecule has 0 aliphatic carbocycles. The average molecular weight is 656 g/mol. The number of carbonyl (C=O) groups excluding carboxylic acids is 4. The Morgan fingerprint density at radius 2 is 1.73 bits per heavy atom. The minimum absolute atomic E-state index is 0.125. The van der Waals surface area contributed by atoms with Crippen molar-refractivity contribution < 1.29 is 28.7 Å². The maximum absolute atomic E-state index is 13.4. The smallest absolute Gasteiger partial charge is 0.348 e. The fourth-order valence-electron chi connectivity index (χ4n) is 4.17. The van der Waals surface area contributed by atoms with Crippen molar-refractivity contribution in [1.82, 2.24) is 20.1 Å². The molecule has 4 aromatic rings. The summed E-state index contributed by atoms with van der Waals surface area (Å²) in [5.74, 6) is -1.26. The van der Waals surface area contributed by atoms with Gasteiger partial charge in [0.1, 0.15) is 9.88 Å². The van der Waals surface area contributed by atoms with Gasteiger partial charge in [0.2, 0.25) is 5.91 Å². The highest BCUT2D eigenvalue weighted by Crippen LogP contribution is 2.35. The SMILES string of the molecule is CCOC(=O)c1sc(NC(=O)[C@H](C)Sc2nnc(CNC(=O)c3cccs3)n2CCc2ccccc2)c(C(=O)OCC)c1C. The van der Waals surface area contributed by atoms with E-state index in [4.69, 9.17) is 9.47 Å². The number of hydrogen-bond acceptors (Lipinski definition) is 11. The van der Waals surface area contributed by atoms with E-state index in [1.165, 1.54) is 23.1 Å². The molecule has 0 radical (unpaired) electrons. The minimum atomic E-state index is -0.660. The Morgan fingerprint density at radius 3 is 2.41 bits per heavy atom. The molecule has 0 fully saturated rings. The Hall–Kier alpha value is -4.01. The van der Waals surface area contributed by atoms with Crippen LogP contribution >= 0.6 is 34.4 Å². The number of ether oxygens (including phenoxy) is 2. The first kappa shape index (κ1) is 32.9. The highest BCUT2D eigenvalue weighted by Gasteiger charge is 2.29. The van der Waals surface area contributed by atoms with E-state index in [2.05, 4.69) is 20.8 Å². The summed E-state index contributed by atoms with van der Waals surface area (Å²) in [5.41, 5.74) is 1.63. The molecule has 11 nitrogen and oxygen atoms in total. The van der Waals surface area contributed by atoms with Crippen molar-refractivity contribution in [3.05, 3.63) is 80.1 Å². The van der Waals surface area contributed by atoms with Crippen LogP contribution in [0.15, 0.2) is 53.0 Å². The molecule has 0 saturated heterocycles. The molecule has 0 unspecified atom stereocenters. The van der Waals surface area contributed by atoms with Gasteiger partial charge in [-0.1, -0.05) is 48.2 Å². The molecule has 14 heteroatoms. The molecule has 2 amide bonds. The largest absolute Gasteiger partial charge is 0.462 e. The first-order valence-corrected chi connectivity index (χ1v) is 16.5. The number of nitrogens with one attached hydrogen (secondary N) is 2. The third kappa shape index (κ3) is 8.12. The molecule has 0 aliphatic heterocycles. The van der Waals surface area contributed by atoms with Crippen molar-refractivity contribution in [2.75, 3.05) is 18.5 Å². The van der Waals surface area contributed by atoms with E-state index in [-0.39, 0.29) is 41.1 Å². The molecular formula is C30H33N5O6S3. The number of nitrogens with zero attached hydrogens (tertiary/aromatic N) is 3. The predicted molar refractivity (Wildman–Crippen MR) is 171 cm³/mol. The molecule has 4 rings (SSSR count). The van der Waals surface area contributed by atoms with Crippen LogP contribution < -0.4 is 10.6 Å². The second-order valence-electron chi connectivity index (χ2n) is 9.40. The normalized spacial score (nSPS) is 11.5. The maximum Gasteiger partial charge on any atom is 0.348 e. The maximum atomic E-state index is 13.4. The summed E-state index contributed by atoms with van der Waals surface area (Å²) in [6.45, 7) is 7.70. The van der Waals surface area contributed by atoms with E-state index in [1.807, 2.05) is 46.3 Å². The van der Waals surface area contributed by atoms with E-state index in [1.54, 1.807) is 33.8 Å². The van der Waals surface area contributed by atoms with Crippen LogP contribution in [0, 0.1) is 6.92 Å². The standard InChI is InChI=1S/C30H33N5O6S3/c1-5-40-28(38)23-18(3)24(29(39)41-6-2)44-27(23)32-25(36)19(4)43-30-34-33-22(17-31-26(37)21-13-10-16-42-21)35(30)15-14-20-11-8-7-9-12-20/h7-13,16,19H,5-6,14-15,17H2,1-4H3,(H,31,37)(H,32,36)/t19-/m0/s1. The summed E-state index contributed by atoms with van der Waals surface area (Å²) in [6, 6.07) is 13.5. The average Bonchev–Trinajstić information content (AvgIpc) is 3.75. The first-order chi connectivity index (χ1) is 21.2. The van der Waals surface area contributed by atoms with Crippen LogP contribution in [-0.2, 0) is 33.8 Å². The number of aryl methyl sites for hydroxylation is 1. The number of thiophene rings is 2. The number of carbonyl (C=O) groups is 4. The number of aromatic nitrogens is 3. The van der Waals surface area contributed by atoms with Gasteiger partial charge in [-0.3, -0.25) is 9.59 Å². The van der Waals surface area contributed by atoms with Crippen molar-refractivity contribution in [2.45, 2.75) is 57.6 Å². The number of anilines is 1. The lowest BCUT2D eigenvalue weighted by molar-refractivity contribution is -0.115. The summed E-state index contributed by atoms with van der Waals surface area (Å²) >= 11 is 3.52. The van der Waals surface area contributed by atoms with Gasteiger partial charge in [0.15, 0.2) is 11.0 Å². The Kier molecular flexibility index (Phi) is 11.7. The zero-order chi connectivity index (χ0) is 31.6. The van der Waals surface area contributed by atoms with Gasteiger partial charge in [-0.15, -0.1) is 32.9 Å². The van der Waals surface area contributed by atoms with Crippen LogP contribution in [0.3, 0.4) is 0 Å². The van der Waals surface area contributed by atoms with Crippen molar-refractivity contribution >= 4 is 63.2 Å². The van der Waals surface area contributed by atoms with Gasteiger partial charge in [0, 0.05) is 6.54 Å². The number of rotatable bonds is 14. The number of benzene rings is 1. The molecular weight excluding hydrogens is 623 g/mol. The number of amides is 2. The molecule has 1 atom stereocenters. The van der Waals surface area contributed by atoms with Crippen LogP contribution in [0.4, 0.5) is 5.00 Å². The van der Waals surface area contributed by atoms with Crippen LogP contribution in [0.2, 0.25) is 0 Å². The van der Waals surface area contributed by atoms with Gasteiger partial charge in [0.25, 0.3) is 5.91 Å². The number of thioether (sulfide) groups is 1. The Balaban J connectivity index is 1.53. The summed E-state index contributed by atoms with van der Waals surface area (Å²) < 4.78 is 12.2. The third-order valence-corrected chi connectivity index (χ3v) is 9.52. The molecule has 232 valence electrons. The lowest BCUT2D eigenvalue weighted by Crippen LogP contribution is -2.25. The molecule has 1 aromatic carbocycles. The molecule has 2 N–H and O–H groups in total. The van der Waals surface area contributed by atoms with Gasteiger partial charge < -0.3 is 24.7 Å². The van der Waals surface area contributed by atoms with Crippen molar-refractivity contribution in [1.29, 1.82) is 0 Å². The number of hydrogen-bond donors (Lipinski definition) is 2. The lowest BCUT2D eigenvalue weighted by atomic mass is 10.1. The van der Waals surface area contributed by atoms with Crippen LogP contribution in [-0.4, -0.2) is 57.0 Å². The van der Waals surface area contributed by atoms with Crippen LogP contribution in [0.5, 0.6) is 0 Å². The second kappa shape index (κ2) is 15.6. The molecule has 0 aliphatic rings. The van der Waals surface area contributed by atoms with Gasteiger partial charge in [-0.25, -0.2) is 9.59 Å². The van der Waals surface area contributed by atoms with E-state index in [0.29, 0.717) is 34.4 Å². The van der Waals surface area contributed by atoms with Crippen molar-refractivity contribution in [2.24, 2.45) is 0 Å². The quantitative estimate of drug-likeness (QED) is 0.136. The zero-order valence-electron chi connectivity index (χ0n) is 24.7. The molecule has 0 saturated carbocycles.